The normalized spacial score (nSPS) is 42.9. The van der Waals surface area contributed by atoms with Crippen LogP contribution < -0.4 is 0 Å². The van der Waals surface area contributed by atoms with Crippen LogP contribution in [0.2, 0.25) is 0 Å². The molecule has 0 radical (unpaired) electrons. The molecule has 1 aromatic carbocycles. The van der Waals surface area contributed by atoms with Crippen LogP contribution in [-0.2, 0) is 9.53 Å². The third-order valence-electron chi connectivity index (χ3n) is 9.97. The molecule has 7 atom stereocenters. The van der Waals surface area contributed by atoms with Gasteiger partial charge in [0.15, 0.2) is 0 Å². The van der Waals surface area contributed by atoms with Gasteiger partial charge in [0.05, 0.1) is 0 Å². The molecule has 0 aromatic heterocycles. The molecular weight excluding hydrogens is 368 g/mol. The maximum atomic E-state index is 12.6. The Labute approximate surface area is 182 Å². The van der Waals surface area contributed by atoms with E-state index in [9.17, 15) is 4.79 Å². The van der Waals surface area contributed by atoms with Gasteiger partial charge in [0.2, 0.25) is 0 Å². The van der Waals surface area contributed by atoms with E-state index in [1.165, 1.54) is 57.8 Å². The lowest BCUT2D eigenvalue weighted by atomic mass is 9.45. The molecule has 4 saturated carbocycles. The van der Waals surface area contributed by atoms with Gasteiger partial charge in [-0.05, 0) is 92.1 Å². The molecule has 0 heterocycles. The van der Waals surface area contributed by atoms with Gasteiger partial charge in [-0.3, -0.25) is 0 Å². The average molecular weight is 407 g/mol. The van der Waals surface area contributed by atoms with Crippen LogP contribution in [0.4, 0.5) is 0 Å². The van der Waals surface area contributed by atoms with E-state index in [0.29, 0.717) is 5.41 Å². The summed E-state index contributed by atoms with van der Waals surface area (Å²) in [7, 11) is 0. The van der Waals surface area contributed by atoms with Gasteiger partial charge in [0.1, 0.15) is 6.10 Å². The molecule has 162 valence electrons. The Bertz CT molecular complexity index is 798. The van der Waals surface area contributed by atoms with E-state index in [1.54, 1.807) is 6.08 Å². The van der Waals surface area contributed by atoms with Crippen LogP contribution in [0.1, 0.15) is 83.6 Å². The first-order valence-electron chi connectivity index (χ1n) is 12.4. The van der Waals surface area contributed by atoms with Gasteiger partial charge in [-0.15, -0.1) is 0 Å². The van der Waals surface area contributed by atoms with Crippen molar-refractivity contribution in [2.75, 3.05) is 0 Å². The molecule has 0 saturated heterocycles. The molecule has 5 rings (SSSR count). The summed E-state index contributed by atoms with van der Waals surface area (Å²) in [5.74, 6) is 3.30. The highest BCUT2D eigenvalue weighted by Crippen LogP contribution is 2.66. The molecule has 30 heavy (non-hydrogen) atoms. The summed E-state index contributed by atoms with van der Waals surface area (Å²) in [5.41, 5.74) is 1.80. The molecule has 2 heteroatoms. The Morgan fingerprint density at radius 1 is 0.900 bits per heavy atom. The fourth-order valence-electron chi connectivity index (χ4n) is 8.35. The molecular formula is C28H38O2. The van der Waals surface area contributed by atoms with Crippen molar-refractivity contribution in [2.45, 2.75) is 84.2 Å². The summed E-state index contributed by atoms with van der Waals surface area (Å²) in [4.78, 5) is 12.6. The number of rotatable bonds is 3. The lowest BCUT2D eigenvalue weighted by Gasteiger charge is -2.60. The fraction of sp³-hybridized carbons (Fsp3) is 0.679. The first kappa shape index (κ1) is 20.3. The first-order valence-corrected chi connectivity index (χ1v) is 12.4. The second kappa shape index (κ2) is 7.84. The van der Waals surface area contributed by atoms with Crippen molar-refractivity contribution >= 4 is 12.0 Å². The highest BCUT2D eigenvalue weighted by molar-refractivity contribution is 5.87. The average Bonchev–Trinajstić information content (AvgIpc) is 3.09. The summed E-state index contributed by atoms with van der Waals surface area (Å²) in [6.45, 7) is 5.08. The predicted octanol–water partition coefficient (Wildman–Crippen LogP) is 7.04. The highest BCUT2D eigenvalue weighted by atomic mass is 16.5. The van der Waals surface area contributed by atoms with E-state index < -0.39 is 0 Å². The van der Waals surface area contributed by atoms with Crippen molar-refractivity contribution < 1.29 is 9.53 Å². The van der Waals surface area contributed by atoms with E-state index in [0.717, 1.165) is 35.7 Å². The zero-order valence-corrected chi connectivity index (χ0v) is 18.8. The Balaban J connectivity index is 1.28. The summed E-state index contributed by atoms with van der Waals surface area (Å²) >= 11 is 0. The minimum atomic E-state index is -0.171. The van der Waals surface area contributed by atoms with Gasteiger partial charge in [0.25, 0.3) is 0 Å². The van der Waals surface area contributed by atoms with E-state index in [4.69, 9.17) is 4.74 Å². The number of carbonyl (C=O) groups excluding carboxylic acids is 1. The van der Waals surface area contributed by atoms with Crippen LogP contribution in [0.15, 0.2) is 36.4 Å². The molecule has 0 unspecified atom stereocenters. The molecule has 0 N–H and O–H groups in total. The lowest BCUT2D eigenvalue weighted by Crippen LogP contribution is -2.53. The topological polar surface area (TPSA) is 26.3 Å². The summed E-state index contributed by atoms with van der Waals surface area (Å²) in [6.07, 6.45) is 17.1. The molecule has 4 fully saturated rings. The minimum absolute atomic E-state index is 0.0910. The van der Waals surface area contributed by atoms with Gasteiger partial charge in [-0.25, -0.2) is 4.79 Å². The maximum absolute atomic E-state index is 12.6. The van der Waals surface area contributed by atoms with Gasteiger partial charge in [-0.1, -0.05) is 57.0 Å². The maximum Gasteiger partial charge on any atom is 0.331 e. The van der Waals surface area contributed by atoms with Gasteiger partial charge >= 0.3 is 5.97 Å². The summed E-state index contributed by atoms with van der Waals surface area (Å²) < 4.78 is 6.09. The number of esters is 1. The molecule has 4 aliphatic carbocycles. The van der Waals surface area contributed by atoms with E-state index in [-0.39, 0.29) is 17.5 Å². The number of fused-ring (bicyclic) bond motifs is 5. The number of ether oxygens (including phenoxy) is 1. The van der Waals surface area contributed by atoms with E-state index >= 15 is 0 Å². The molecule has 0 bridgehead atoms. The van der Waals surface area contributed by atoms with Crippen molar-refractivity contribution in [3.8, 4) is 0 Å². The fourth-order valence-corrected chi connectivity index (χ4v) is 8.35. The minimum Gasteiger partial charge on any atom is -0.459 e. The number of benzene rings is 1. The first-order chi connectivity index (χ1) is 14.5. The van der Waals surface area contributed by atoms with E-state index in [1.807, 2.05) is 36.4 Å². The van der Waals surface area contributed by atoms with E-state index in [2.05, 4.69) is 13.8 Å². The SMILES string of the molecule is C[C@]12CCCC[C@@H]1CC[C@H]1[C@H]2CC[C@]2(C)[C@H](OC(=O)/C=C/c3ccccc3)CC[C@@H]12. The van der Waals surface area contributed by atoms with Crippen LogP contribution in [-0.4, -0.2) is 12.1 Å². The Morgan fingerprint density at radius 3 is 2.53 bits per heavy atom. The van der Waals surface area contributed by atoms with Crippen molar-refractivity contribution in [3.05, 3.63) is 42.0 Å². The molecule has 2 nitrogen and oxygen atoms in total. The Morgan fingerprint density at radius 2 is 1.70 bits per heavy atom. The standard InChI is InChI=1S/C28H38O2/c1-27-18-7-6-10-21(27)12-13-22-23-14-15-25(28(23,2)19-17-24(22)27)30-26(29)16-11-20-8-4-3-5-9-20/h3-5,8-9,11,16,21-25H,6-7,10,12-15,17-19H2,1-2H3/b16-11+/t21-,22-,23+,24-,25-,27+,28+/m1/s1. The highest BCUT2D eigenvalue weighted by Gasteiger charge is 2.60. The number of hydrogen-bond donors (Lipinski definition) is 0. The molecule has 1 aromatic rings. The quantitative estimate of drug-likeness (QED) is 0.397. The number of carbonyl (C=O) groups is 1. The van der Waals surface area contributed by atoms with Gasteiger partial charge < -0.3 is 4.74 Å². The van der Waals surface area contributed by atoms with Crippen LogP contribution in [0.25, 0.3) is 6.08 Å². The second-order valence-corrected chi connectivity index (χ2v) is 11.2. The van der Waals surface area contributed by atoms with Crippen molar-refractivity contribution in [3.63, 3.8) is 0 Å². The van der Waals surface area contributed by atoms with Gasteiger partial charge in [0, 0.05) is 11.5 Å². The smallest absolute Gasteiger partial charge is 0.331 e. The molecule has 4 aliphatic rings. The van der Waals surface area contributed by atoms with Crippen LogP contribution in [0, 0.1) is 34.5 Å². The second-order valence-electron chi connectivity index (χ2n) is 11.2. The predicted molar refractivity (Wildman–Crippen MR) is 122 cm³/mol. The van der Waals surface area contributed by atoms with Crippen LogP contribution in [0.5, 0.6) is 0 Å². The van der Waals surface area contributed by atoms with Crippen LogP contribution >= 0.6 is 0 Å². The van der Waals surface area contributed by atoms with Crippen molar-refractivity contribution in [2.24, 2.45) is 34.5 Å². The van der Waals surface area contributed by atoms with Crippen molar-refractivity contribution in [1.29, 1.82) is 0 Å². The zero-order valence-electron chi connectivity index (χ0n) is 18.8. The zero-order chi connectivity index (χ0) is 20.8. The Hall–Kier alpha value is -1.57. The van der Waals surface area contributed by atoms with Crippen molar-refractivity contribution in [1.82, 2.24) is 0 Å². The monoisotopic (exact) mass is 406 g/mol. The largest absolute Gasteiger partial charge is 0.459 e. The number of hydrogen-bond acceptors (Lipinski definition) is 2. The molecule has 0 spiro atoms. The molecule has 0 amide bonds. The van der Waals surface area contributed by atoms with Gasteiger partial charge in [-0.2, -0.15) is 0 Å². The third-order valence-corrected chi connectivity index (χ3v) is 9.97. The summed E-state index contributed by atoms with van der Waals surface area (Å²) in [6, 6.07) is 10.0. The third kappa shape index (κ3) is 3.35. The molecule has 0 aliphatic heterocycles. The van der Waals surface area contributed by atoms with Crippen LogP contribution in [0.3, 0.4) is 0 Å². The summed E-state index contributed by atoms with van der Waals surface area (Å²) in [5, 5.41) is 0. The lowest BCUT2D eigenvalue weighted by molar-refractivity contribution is -0.158. The Kier molecular flexibility index (Phi) is 5.32.